The molecule has 4 rings (SSSR count). The Balaban J connectivity index is 1.49. The lowest BCUT2D eigenvalue weighted by atomic mass is 10.0. The summed E-state index contributed by atoms with van der Waals surface area (Å²) < 4.78 is 1.68. The monoisotopic (exact) mass is 667 g/mol. The average Bonchev–Trinajstić information content (AvgIpc) is 3.28. The molecular weight excluding hydrogens is 640 g/mol. The molecule has 44 heavy (non-hydrogen) atoms. The van der Waals surface area contributed by atoms with E-state index in [0.29, 0.717) is 11.3 Å². The van der Waals surface area contributed by atoms with Crippen molar-refractivity contribution >= 4 is 80.9 Å². The minimum absolute atomic E-state index is 0.00720. The van der Waals surface area contributed by atoms with Gasteiger partial charge in [0.2, 0.25) is 12.0 Å². The molecule has 234 valence electrons. The van der Waals surface area contributed by atoms with Crippen LogP contribution in [-0.2, 0) is 35.4 Å². The van der Waals surface area contributed by atoms with Crippen LogP contribution in [0, 0.1) is 0 Å². The maximum absolute atomic E-state index is 13.2. The minimum atomic E-state index is -1.42. The van der Waals surface area contributed by atoms with Crippen LogP contribution in [0.25, 0.3) is 0 Å². The number of carboxylic acids is 2. The van der Waals surface area contributed by atoms with Crippen LogP contribution in [-0.4, -0.2) is 84.8 Å². The predicted octanol–water partition coefficient (Wildman–Crippen LogP) is -0.0254. The summed E-state index contributed by atoms with van der Waals surface area (Å²) in [6.45, 7) is 3.06. The predicted molar refractivity (Wildman–Crippen MR) is 159 cm³/mol. The SMILES string of the molecule is C[C@H](N)CC(=O)Nc1cc[n+](CC2=C(C(=O)O)N3C(=O)[C@@H](NC(=O)C(=NO[C@@H](C)C(=O)O)c4nc(N)sc4Cl)[C@H]3SC2)cc1. The van der Waals surface area contributed by atoms with E-state index >= 15 is 0 Å². The Morgan fingerprint density at radius 1 is 1.27 bits per heavy atom. The summed E-state index contributed by atoms with van der Waals surface area (Å²) in [4.78, 5) is 71.8. The zero-order valence-electron chi connectivity index (χ0n) is 23.2. The third kappa shape index (κ3) is 7.26. The zero-order chi connectivity index (χ0) is 32.3. The zero-order valence-corrected chi connectivity index (χ0v) is 25.6. The van der Waals surface area contributed by atoms with Crippen molar-refractivity contribution in [3.05, 3.63) is 45.8 Å². The number of oxime groups is 1. The van der Waals surface area contributed by atoms with E-state index in [4.69, 9.17) is 33.0 Å². The summed E-state index contributed by atoms with van der Waals surface area (Å²) in [6, 6.07) is 1.89. The fourth-order valence-electron chi connectivity index (χ4n) is 4.22. The Labute approximate surface area is 263 Å². The molecule has 2 aliphatic heterocycles. The number of halogens is 1. The first-order chi connectivity index (χ1) is 20.8. The van der Waals surface area contributed by atoms with Crippen LogP contribution in [0.15, 0.2) is 41.0 Å². The third-order valence-electron chi connectivity index (χ3n) is 6.28. The quantitative estimate of drug-likeness (QED) is 0.0757. The van der Waals surface area contributed by atoms with E-state index in [1.54, 1.807) is 36.0 Å². The molecule has 4 atom stereocenters. The number of rotatable bonds is 12. The van der Waals surface area contributed by atoms with Crippen LogP contribution < -0.4 is 26.7 Å². The normalized spacial score (nSPS) is 19.4. The number of anilines is 2. The number of thiazole rings is 1. The molecule has 8 N–H and O–H groups in total. The largest absolute Gasteiger partial charge is 0.478 e. The standard InChI is InChI=1S/C25H27ClN8O8S2/c1-10(27)7-14(35)29-13-3-5-33(6-4-13)8-12-9-43-22-17(21(37)34(22)18(12)24(40)41)30-20(36)16(32-42-11(2)23(38)39)15-19(26)44-25(28)31-15/h3-6,10-11,17,22H,7-9,27H2,1-2H3,(H5,28,30,31,36,38,39,40,41)/p+1/t10-,11-,17+,22+/m0/s1. The van der Waals surface area contributed by atoms with E-state index in [0.717, 1.165) is 16.2 Å². The van der Waals surface area contributed by atoms with Crippen LogP contribution in [0.2, 0.25) is 4.34 Å². The van der Waals surface area contributed by atoms with Crippen molar-refractivity contribution in [1.82, 2.24) is 15.2 Å². The summed E-state index contributed by atoms with van der Waals surface area (Å²) in [5, 5.41) is 27.2. The summed E-state index contributed by atoms with van der Waals surface area (Å²) in [7, 11) is 0. The molecule has 0 radical (unpaired) electrons. The molecule has 0 unspecified atom stereocenters. The number of nitrogens with one attached hydrogen (secondary N) is 2. The van der Waals surface area contributed by atoms with E-state index in [1.165, 1.54) is 18.7 Å². The van der Waals surface area contributed by atoms with Crippen LogP contribution in [0.5, 0.6) is 0 Å². The number of carboxylic acid groups (broad SMARTS) is 2. The molecule has 19 heteroatoms. The fourth-order valence-corrected chi connectivity index (χ4v) is 6.48. The average molecular weight is 668 g/mol. The Morgan fingerprint density at radius 3 is 2.52 bits per heavy atom. The Hall–Kier alpha value is -4.26. The summed E-state index contributed by atoms with van der Waals surface area (Å²) in [6.07, 6.45) is 2.07. The summed E-state index contributed by atoms with van der Waals surface area (Å²) >= 11 is 8.23. The Bertz CT molecular complexity index is 1560. The summed E-state index contributed by atoms with van der Waals surface area (Å²) in [5.41, 5.74) is 11.4. The first-order valence-electron chi connectivity index (χ1n) is 12.9. The second kappa shape index (κ2) is 13.6. The number of β-lactam (4-membered cyclic amide) rings is 1. The lowest BCUT2D eigenvalue weighted by Crippen LogP contribution is -2.71. The number of aromatic nitrogens is 2. The highest BCUT2D eigenvalue weighted by Gasteiger charge is 2.55. The molecule has 16 nitrogen and oxygen atoms in total. The minimum Gasteiger partial charge on any atom is -0.478 e. The van der Waals surface area contributed by atoms with Gasteiger partial charge in [0.15, 0.2) is 29.8 Å². The second-order valence-electron chi connectivity index (χ2n) is 9.81. The first kappa shape index (κ1) is 32.6. The molecule has 1 saturated heterocycles. The lowest BCUT2D eigenvalue weighted by Gasteiger charge is -2.49. The molecule has 4 heterocycles. The van der Waals surface area contributed by atoms with Crippen LogP contribution in [0.3, 0.4) is 0 Å². The lowest BCUT2D eigenvalue weighted by molar-refractivity contribution is -0.688. The second-order valence-corrected chi connectivity index (χ2v) is 12.5. The maximum atomic E-state index is 13.2. The number of nitrogens with two attached hydrogens (primary N) is 2. The summed E-state index contributed by atoms with van der Waals surface area (Å²) in [5.74, 6) is -4.29. The number of fused-ring (bicyclic) bond motifs is 1. The number of hydrogen-bond acceptors (Lipinski definition) is 12. The van der Waals surface area contributed by atoms with Crippen molar-refractivity contribution in [3.8, 4) is 0 Å². The van der Waals surface area contributed by atoms with Gasteiger partial charge in [-0.1, -0.05) is 28.1 Å². The van der Waals surface area contributed by atoms with E-state index in [1.807, 2.05) is 0 Å². The topological polar surface area (TPSA) is 244 Å². The van der Waals surface area contributed by atoms with E-state index in [9.17, 15) is 29.1 Å². The van der Waals surface area contributed by atoms with Crippen molar-refractivity contribution < 1.29 is 43.6 Å². The molecular formula is C25H28ClN8O8S2+. The van der Waals surface area contributed by atoms with Gasteiger partial charge in [-0.05, 0) is 13.8 Å². The third-order valence-corrected chi connectivity index (χ3v) is 8.71. The van der Waals surface area contributed by atoms with Gasteiger partial charge in [0.05, 0.1) is 5.69 Å². The number of nitrogens with zero attached hydrogens (tertiary/aromatic N) is 4. The van der Waals surface area contributed by atoms with Crippen molar-refractivity contribution in [1.29, 1.82) is 0 Å². The molecule has 0 spiro atoms. The van der Waals surface area contributed by atoms with E-state index in [-0.39, 0.29) is 51.5 Å². The van der Waals surface area contributed by atoms with Gasteiger partial charge in [-0.3, -0.25) is 19.3 Å². The molecule has 0 aromatic carbocycles. The molecule has 2 aromatic heterocycles. The number of carbonyl (C=O) groups is 5. The van der Waals surface area contributed by atoms with Gasteiger partial charge in [-0.2, -0.15) is 0 Å². The van der Waals surface area contributed by atoms with Gasteiger partial charge in [-0.15, -0.1) is 11.8 Å². The number of amides is 3. The van der Waals surface area contributed by atoms with Gasteiger partial charge in [-0.25, -0.2) is 19.1 Å². The maximum Gasteiger partial charge on any atom is 0.352 e. The smallest absolute Gasteiger partial charge is 0.352 e. The highest BCUT2D eigenvalue weighted by Crippen LogP contribution is 2.40. The molecule has 2 aliphatic rings. The van der Waals surface area contributed by atoms with Crippen molar-refractivity contribution in [2.45, 2.75) is 50.4 Å². The van der Waals surface area contributed by atoms with Crippen LogP contribution in [0.4, 0.5) is 10.8 Å². The molecule has 0 saturated carbocycles. The van der Waals surface area contributed by atoms with Crippen molar-refractivity contribution in [2.75, 3.05) is 16.8 Å². The van der Waals surface area contributed by atoms with Gasteiger partial charge < -0.3 is 37.2 Å². The van der Waals surface area contributed by atoms with Crippen molar-refractivity contribution in [3.63, 3.8) is 0 Å². The Morgan fingerprint density at radius 2 is 1.95 bits per heavy atom. The van der Waals surface area contributed by atoms with Crippen LogP contribution in [0.1, 0.15) is 26.0 Å². The number of aliphatic carboxylic acids is 2. The fraction of sp³-hybridized carbons (Fsp3) is 0.360. The van der Waals surface area contributed by atoms with E-state index < -0.39 is 47.0 Å². The van der Waals surface area contributed by atoms with Crippen LogP contribution >= 0.6 is 34.7 Å². The molecule has 0 bridgehead atoms. The number of hydrogen-bond donors (Lipinski definition) is 6. The number of nitrogen functional groups attached to an aromatic ring is 1. The molecule has 2 aromatic rings. The number of pyridine rings is 1. The van der Waals surface area contributed by atoms with Gasteiger partial charge in [0.25, 0.3) is 11.8 Å². The number of thioether (sulfide) groups is 1. The highest BCUT2D eigenvalue weighted by molar-refractivity contribution is 8.00. The van der Waals surface area contributed by atoms with Crippen molar-refractivity contribution in [2.24, 2.45) is 10.9 Å². The van der Waals surface area contributed by atoms with Gasteiger partial charge in [0.1, 0.15) is 27.1 Å². The molecule has 0 aliphatic carbocycles. The number of carbonyl (C=O) groups excluding carboxylic acids is 3. The Kier molecular flexibility index (Phi) is 10.1. The molecule has 1 fully saturated rings. The van der Waals surface area contributed by atoms with Gasteiger partial charge in [0, 0.05) is 35.9 Å². The van der Waals surface area contributed by atoms with E-state index in [2.05, 4.69) is 20.8 Å². The first-order valence-corrected chi connectivity index (χ1v) is 15.1. The highest BCUT2D eigenvalue weighted by atomic mass is 35.5. The van der Waals surface area contributed by atoms with Gasteiger partial charge >= 0.3 is 11.9 Å². The molecule has 3 amide bonds.